The summed E-state index contributed by atoms with van der Waals surface area (Å²) >= 11 is 6.02. The van der Waals surface area contributed by atoms with Gasteiger partial charge in [0.1, 0.15) is 11.0 Å². The Morgan fingerprint density at radius 2 is 2.19 bits per heavy atom. The van der Waals surface area contributed by atoms with Crippen molar-refractivity contribution in [2.24, 2.45) is 0 Å². The first-order valence-corrected chi connectivity index (χ1v) is 7.62. The molecule has 1 atom stereocenters. The van der Waals surface area contributed by atoms with Gasteiger partial charge in [0.2, 0.25) is 0 Å². The molecular formula is C15H24ClN3O2. The largest absolute Gasteiger partial charge is 0.383 e. The molecule has 118 valence electrons. The van der Waals surface area contributed by atoms with E-state index in [1.54, 1.807) is 24.1 Å². The second kappa shape index (κ2) is 8.85. The Morgan fingerprint density at radius 1 is 1.48 bits per heavy atom. The number of pyridine rings is 1. The van der Waals surface area contributed by atoms with Gasteiger partial charge in [-0.1, -0.05) is 18.5 Å². The molecule has 1 N–H and O–H groups in total. The average molecular weight is 314 g/mol. The number of hydrogen-bond acceptors (Lipinski definition) is 4. The lowest BCUT2D eigenvalue weighted by atomic mass is 10.2. The summed E-state index contributed by atoms with van der Waals surface area (Å²) in [5.41, 5.74) is 0.540. The topological polar surface area (TPSA) is 54.5 Å². The molecule has 0 aliphatic heterocycles. The van der Waals surface area contributed by atoms with Crippen molar-refractivity contribution in [3.63, 3.8) is 0 Å². The van der Waals surface area contributed by atoms with E-state index in [9.17, 15) is 4.79 Å². The Morgan fingerprint density at radius 3 is 2.76 bits per heavy atom. The lowest BCUT2D eigenvalue weighted by molar-refractivity contribution is 0.0579. The van der Waals surface area contributed by atoms with Crippen LogP contribution < -0.4 is 5.32 Å². The van der Waals surface area contributed by atoms with Crippen LogP contribution in [0.3, 0.4) is 0 Å². The van der Waals surface area contributed by atoms with Gasteiger partial charge in [-0.2, -0.15) is 0 Å². The van der Waals surface area contributed by atoms with Crippen LogP contribution in [-0.4, -0.2) is 48.6 Å². The van der Waals surface area contributed by atoms with Crippen LogP contribution in [0, 0.1) is 0 Å². The zero-order valence-corrected chi connectivity index (χ0v) is 13.9. The van der Waals surface area contributed by atoms with Crippen LogP contribution in [0.1, 0.15) is 37.6 Å². The van der Waals surface area contributed by atoms with Gasteiger partial charge in [0.15, 0.2) is 0 Å². The third kappa shape index (κ3) is 5.17. The number of carbonyl (C=O) groups excluding carboxylic acids is 1. The molecule has 1 rings (SSSR count). The zero-order valence-electron chi connectivity index (χ0n) is 13.1. The maximum Gasteiger partial charge on any atom is 0.254 e. The van der Waals surface area contributed by atoms with Crippen LogP contribution in [0.2, 0.25) is 5.15 Å². The summed E-state index contributed by atoms with van der Waals surface area (Å²) < 4.78 is 5.13. The number of rotatable bonds is 8. The van der Waals surface area contributed by atoms with Crippen molar-refractivity contribution < 1.29 is 9.53 Å². The average Bonchev–Trinajstić information content (AvgIpc) is 2.45. The normalized spacial score (nSPS) is 12.0. The fraction of sp³-hybridized carbons (Fsp3) is 0.600. The molecule has 1 unspecified atom stereocenters. The monoisotopic (exact) mass is 313 g/mol. The smallest absolute Gasteiger partial charge is 0.254 e. The highest BCUT2D eigenvalue weighted by molar-refractivity contribution is 6.29. The number of hydrogen-bond donors (Lipinski definition) is 1. The van der Waals surface area contributed by atoms with Gasteiger partial charge in [-0.05, 0) is 32.4 Å². The number of nitrogens with zero attached hydrogens (tertiary/aromatic N) is 2. The molecule has 0 aliphatic rings. The minimum absolute atomic E-state index is 0.00601. The van der Waals surface area contributed by atoms with Crippen LogP contribution in [0.25, 0.3) is 0 Å². The first kappa shape index (κ1) is 17.7. The van der Waals surface area contributed by atoms with E-state index < -0.39 is 0 Å². The first-order valence-electron chi connectivity index (χ1n) is 7.24. The molecule has 0 saturated carbocycles. The summed E-state index contributed by atoms with van der Waals surface area (Å²) in [6.07, 6.45) is 0.976. The molecule has 1 aromatic heterocycles. The molecule has 0 aliphatic carbocycles. The number of amides is 1. The number of halogens is 1. The van der Waals surface area contributed by atoms with Crippen molar-refractivity contribution in [1.82, 2.24) is 9.88 Å². The maximum atomic E-state index is 12.6. The molecule has 0 bridgehead atoms. The van der Waals surface area contributed by atoms with Crippen molar-refractivity contribution >= 4 is 23.3 Å². The van der Waals surface area contributed by atoms with Crippen molar-refractivity contribution in [2.45, 2.75) is 33.2 Å². The second-order valence-corrected chi connectivity index (χ2v) is 5.27. The minimum Gasteiger partial charge on any atom is -0.383 e. The van der Waals surface area contributed by atoms with Crippen LogP contribution in [0.15, 0.2) is 12.1 Å². The Balaban J connectivity index is 2.96. The lowest BCUT2D eigenvalue weighted by Gasteiger charge is -2.27. The molecule has 21 heavy (non-hydrogen) atoms. The van der Waals surface area contributed by atoms with Gasteiger partial charge < -0.3 is 15.0 Å². The molecule has 6 heteroatoms. The van der Waals surface area contributed by atoms with Crippen LogP contribution >= 0.6 is 11.6 Å². The van der Waals surface area contributed by atoms with E-state index in [4.69, 9.17) is 16.3 Å². The van der Waals surface area contributed by atoms with E-state index in [0.29, 0.717) is 29.7 Å². The van der Waals surface area contributed by atoms with Gasteiger partial charge in [-0.3, -0.25) is 4.79 Å². The third-order valence-electron chi connectivity index (χ3n) is 3.14. The number of methoxy groups -OCH3 is 1. The van der Waals surface area contributed by atoms with Crippen molar-refractivity contribution in [1.29, 1.82) is 0 Å². The number of likely N-dealkylation sites (N-methyl/N-ethyl adjacent to an activating group) is 1. The predicted molar refractivity (Wildman–Crippen MR) is 86.1 cm³/mol. The molecule has 5 nitrogen and oxygen atoms in total. The Labute approximate surface area is 131 Å². The summed E-state index contributed by atoms with van der Waals surface area (Å²) in [7, 11) is 1.63. The molecule has 0 spiro atoms. The molecule has 1 amide bonds. The van der Waals surface area contributed by atoms with E-state index in [0.717, 1.165) is 13.0 Å². The summed E-state index contributed by atoms with van der Waals surface area (Å²) in [5, 5.41) is 3.47. The van der Waals surface area contributed by atoms with E-state index >= 15 is 0 Å². The van der Waals surface area contributed by atoms with Crippen LogP contribution in [0.5, 0.6) is 0 Å². The van der Waals surface area contributed by atoms with Gasteiger partial charge in [0.25, 0.3) is 5.91 Å². The van der Waals surface area contributed by atoms with Crippen molar-refractivity contribution in [2.75, 3.05) is 32.1 Å². The van der Waals surface area contributed by atoms with E-state index in [-0.39, 0.29) is 11.9 Å². The quantitative estimate of drug-likeness (QED) is 0.749. The highest BCUT2D eigenvalue weighted by Gasteiger charge is 2.21. The Kier molecular flexibility index (Phi) is 7.47. The van der Waals surface area contributed by atoms with E-state index in [1.807, 2.05) is 13.8 Å². The number of aromatic nitrogens is 1. The summed E-state index contributed by atoms with van der Waals surface area (Å²) in [6.45, 7) is 7.88. The second-order valence-electron chi connectivity index (χ2n) is 4.89. The fourth-order valence-corrected chi connectivity index (χ4v) is 2.33. The van der Waals surface area contributed by atoms with E-state index in [2.05, 4.69) is 17.2 Å². The minimum atomic E-state index is -0.0640. The fourth-order valence-electron chi connectivity index (χ4n) is 2.12. The van der Waals surface area contributed by atoms with Gasteiger partial charge in [0.05, 0.1) is 12.6 Å². The molecule has 0 saturated heterocycles. The van der Waals surface area contributed by atoms with Gasteiger partial charge in [-0.25, -0.2) is 4.98 Å². The molecule has 0 fully saturated rings. The number of ether oxygens (including phenoxy) is 1. The molecule has 1 heterocycles. The molecule has 0 radical (unpaired) electrons. The van der Waals surface area contributed by atoms with Gasteiger partial charge in [-0.15, -0.1) is 0 Å². The first-order chi connectivity index (χ1) is 10.0. The number of nitrogens with one attached hydrogen (secondary N) is 1. The summed E-state index contributed by atoms with van der Waals surface area (Å²) in [6, 6.07) is 3.35. The summed E-state index contributed by atoms with van der Waals surface area (Å²) in [5.74, 6) is 0.564. The summed E-state index contributed by atoms with van der Waals surface area (Å²) in [4.78, 5) is 18.6. The lowest BCUT2D eigenvalue weighted by Crippen LogP contribution is -2.41. The maximum absolute atomic E-state index is 12.6. The van der Waals surface area contributed by atoms with Gasteiger partial charge >= 0.3 is 0 Å². The van der Waals surface area contributed by atoms with Crippen molar-refractivity contribution in [3.8, 4) is 0 Å². The molecular weight excluding hydrogens is 290 g/mol. The number of carbonyl (C=O) groups is 1. The Bertz CT molecular complexity index is 468. The standard InChI is InChI=1S/C15H24ClN3O2/c1-5-7-17-14-9-12(8-13(16)18-14)15(20)19(6-2)11(3)10-21-4/h8-9,11H,5-7,10H2,1-4H3,(H,17,18). The Hall–Kier alpha value is -1.33. The van der Waals surface area contributed by atoms with Crippen LogP contribution in [-0.2, 0) is 4.74 Å². The zero-order chi connectivity index (χ0) is 15.8. The van der Waals surface area contributed by atoms with Gasteiger partial charge in [0, 0.05) is 25.8 Å². The van der Waals surface area contributed by atoms with E-state index in [1.165, 1.54) is 0 Å². The van der Waals surface area contributed by atoms with Crippen molar-refractivity contribution in [3.05, 3.63) is 22.8 Å². The highest BCUT2D eigenvalue weighted by Crippen LogP contribution is 2.17. The highest BCUT2D eigenvalue weighted by atomic mass is 35.5. The number of anilines is 1. The predicted octanol–water partition coefficient (Wildman–Crippen LogP) is 3.05. The molecule has 1 aromatic rings. The third-order valence-corrected chi connectivity index (χ3v) is 3.33. The molecule has 0 aromatic carbocycles. The SMILES string of the molecule is CCCNc1cc(C(=O)N(CC)C(C)COC)cc(Cl)n1. The van der Waals surface area contributed by atoms with Crippen LogP contribution in [0.4, 0.5) is 5.82 Å².